The maximum Gasteiger partial charge on any atom is 0.266 e. The molecule has 0 saturated heterocycles. The van der Waals surface area contributed by atoms with Crippen LogP contribution in [0.1, 0.15) is 16.9 Å². The standard InChI is InChI=1S/C23H20N2O3/c1-15-4-7-17(8-5-15)21-11-9-19(28-21)13-18(14-24)23(26)25-20-10-6-16(2)12-22(20)27-3/h4-13H,1-3H3,(H,25,26)/b18-13-. The third kappa shape index (κ3) is 4.30. The number of carbonyl (C=O) groups is 1. The Morgan fingerprint density at radius 3 is 2.46 bits per heavy atom. The summed E-state index contributed by atoms with van der Waals surface area (Å²) < 4.78 is 11.1. The second kappa shape index (κ2) is 8.28. The van der Waals surface area contributed by atoms with Crippen LogP contribution in [-0.2, 0) is 4.79 Å². The van der Waals surface area contributed by atoms with Crippen LogP contribution >= 0.6 is 0 Å². The molecule has 0 aliphatic heterocycles. The lowest BCUT2D eigenvalue weighted by Crippen LogP contribution is -2.14. The van der Waals surface area contributed by atoms with Crippen molar-refractivity contribution in [2.24, 2.45) is 0 Å². The number of ether oxygens (including phenoxy) is 1. The zero-order chi connectivity index (χ0) is 20.1. The highest BCUT2D eigenvalue weighted by molar-refractivity contribution is 6.10. The number of carbonyl (C=O) groups excluding carboxylic acids is 1. The van der Waals surface area contributed by atoms with Gasteiger partial charge >= 0.3 is 0 Å². The second-order valence-electron chi connectivity index (χ2n) is 6.40. The van der Waals surface area contributed by atoms with Crippen LogP contribution in [0.15, 0.2) is 64.6 Å². The Morgan fingerprint density at radius 2 is 1.79 bits per heavy atom. The molecule has 0 spiro atoms. The van der Waals surface area contributed by atoms with Crippen LogP contribution in [0.2, 0.25) is 0 Å². The highest BCUT2D eigenvalue weighted by Crippen LogP contribution is 2.27. The topological polar surface area (TPSA) is 75.3 Å². The number of hydrogen-bond donors (Lipinski definition) is 1. The molecule has 0 fully saturated rings. The van der Waals surface area contributed by atoms with Crippen LogP contribution in [0.5, 0.6) is 5.75 Å². The Bertz CT molecular complexity index is 1070. The molecule has 0 aliphatic rings. The summed E-state index contributed by atoms with van der Waals surface area (Å²) in [5.74, 6) is 1.10. The lowest BCUT2D eigenvalue weighted by atomic mass is 10.1. The van der Waals surface area contributed by atoms with Crippen molar-refractivity contribution in [2.45, 2.75) is 13.8 Å². The molecule has 0 radical (unpaired) electrons. The zero-order valence-corrected chi connectivity index (χ0v) is 15.9. The van der Waals surface area contributed by atoms with E-state index in [4.69, 9.17) is 9.15 Å². The molecule has 0 aliphatic carbocycles. The minimum atomic E-state index is -0.530. The molecular weight excluding hydrogens is 352 g/mol. The molecule has 1 aromatic heterocycles. The summed E-state index contributed by atoms with van der Waals surface area (Å²) in [4.78, 5) is 12.5. The van der Waals surface area contributed by atoms with Gasteiger partial charge in [-0.15, -0.1) is 0 Å². The molecule has 1 amide bonds. The number of furan rings is 1. The molecule has 5 nitrogen and oxygen atoms in total. The number of nitrogens with zero attached hydrogens (tertiary/aromatic N) is 1. The number of benzene rings is 2. The van der Waals surface area contributed by atoms with Gasteiger partial charge in [-0.1, -0.05) is 35.9 Å². The van der Waals surface area contributed by atoms with E-state index in [9.17, 15) is 10.1 Å². The summed E-state index contributed by atoms with van der Waals surface area (Å²) in [5.41, 5.74) is 3.53. The van der Waals surface area contributed by atoms with Crippen molar-refractivity contribution in [1.29, 1.82) is 5.26 Å². The lowest BCUT2D eigenvalue weighted by Gasteiger charge is -2.10. The molecule has 1 N–H and O–H groups in total. The summed E-state index contributed by atoms with van der Waals surface area (Å²) in [5, 5.41) is 12.1. The Kier molecular flexibility index (Phi) is 5.61. The molecule has 5 heteroatoms. The molecule has 2 aromatic carbocycles. The van der Waals surface area contributed by atoms with E-state index < -0.39 is 5.91 Å². The van der Waals surface area contributed by atoms with Gasteiger partial charge < -0.3 is 14.5 Å². The van der Waals surface area contributed by atoms with E-state index in [1.54, 1.807) is 12.1 Å². The van der Waals surface area contributed by atoms with E-state index in [1.807, 2.05) is 62.4 Å². The van der Waals surface area contributed by atoms with Crippen molar-refractivity contribution in [2.75, 3.05) is 12.4 Å². The molecule has 0 atom stereocenters. The fourth-order valence-corrected chi connectivity index (χ4v) is 2.69. The first-order valence-electron chi connectivity index (χ1n) is 8.75. The van der Waals surface area contributed by atoms with Gasteiger partial charge in [0.05, 0.1) is 12.8 Å². The van der Waals surface area contributed by atoms with Crippen molar-refractivity contribution in [1.82, 2.24) is 0 Å². The number of nitriles is 1. The number of aryl methyl sites for hydroxylation is 2. The minimum Gasteiger partial charge on any atom is -0.495 e. The Morgan fingerprint density at radius 1 is 1.07 bits per heavy atom. The summed E-state index contributed by atoms with van der Waals surface area (Å²) in [7, 11) is 1.53. The quantitative estimate of drug-likeness (QED) is 0.498. The van der Waals surface area contributed by atoms with E-state index >= 15 is 0 Å². The summed E-state index contributed by atoms with van der Waals surface area (Å²) in [6.07, 6.45) is 1.42. The van der Waals surface area contributed by atoms with Crippen LogP contribution in [0, 0.1) is 25.2 Å². The SMILES string of the molecule is COc1cc(C)ccc1NC(=O)/C(C#N)=C\c1ccc(-c2ccc(C)cc2)o1. The van der Waals surface area contributed by atoms with Gasteiger partial charge in [-0.2, -0.15) is 5.26 Å². The van der Waals surface area contributed by atoms with E-state index in [0.29, 0.717) is 23.0 Å². The Labute approximate surface area is 163 Å². The van der Waals surface area contributed by atoms with Gasteiger partial charge in [0.1, 0.15) is 28.9 Å². The van der Waals surface area contributed by atoms with Crippen molar-refractivity contribution >= 4 is 17.7 Å². The normalized spacial score (nSPS) is 11.0. The molecule has 0 bridgehead atoms. The second-order valence-corrected chi connectivity index (χ2v) is 6.40. The molecule has 3 rings (SSSR count). The minimum absolute atomic E-state index is 0.0626. The molecule has 28 heavy (non-hydrogen) atoms. The van der Waals surface area contributed by atoms with Crippen molar-refractivity contribution in [3.05, 3.63) is 77.1 Å². The van der Waals surface area contributed by atoms with E-state index in [-0.39, 0.29) is 5.57 Å². The monoisotopic (exact) mass is 372 g/mol. The molecular formula is C23H20N2O3. The first-order chi connectivity index (χ1) is 13.5. The predicted octanol–water partition coefficient (Wildman–Crippen LogP) is 5.12. The van der Waals surface area contributed by atoms with Crippen LogP contribution in [0.25, 0.3) is 17.4 Å². The highest BCUT2D eigenvalue weighted by atomic mass is 16.5. The Hall–Kier alpha value is -3.78. The number of rotatable bonds is 5. The average Bonchev–Trinajstić information content (AvgIpc) is 3.16. The predicted molar refractivity (Wildman–Crippen MR) is 109 cm³/mol. The number of hydrogen-bond acceptors (Lipinski definition) is 4. The largest absolute Gasteiger partial charge is 0.495 e. The molecule has 1 heterocycles. The van der Waals surface area contributed by atoms with Gasteiger partial charge in [-0.25, -0.2) is 0 Å². The first-order valence-corrected chi connectivity index (χ1v) is 8.75. The van der Waals surface area contributed by atoms with Gasteiger partial charge in [0.2, 0.25) is 0 Å². The van der Waals surface area contributed by atoms with Gasteiger partial charge in [-0.3, -0.25) is 4.79 Å². The third-order valence-electron chi connectivity index (χ3n) is 4.22. The van der Waals surface area contributed by atoms with Crippen LogP contribution in [-0.4, -0.2) is 13.0 Å². The molecule has 0 saturated carbocycles. The smallest absolute Gasteiger partial charge is 0.266 e. The van der Waals surface area contributed by atoms with Crippen molar-refractivity contribution in [3.8, 4) is 23.1 Å². The van der Waals surface area contributed by atoms with Gasteiger partial charge in [0.15, 0.2) is 0 Å². The number of amides is 1. The van der Waals surface area contributed by atoms with E-state index in [1.165, 1.54) is 13.2 Å². The maximum absolute atomic E-state index is 12.5. The lowest BCUT2D eigenvalue weighted by molar-refractivity contribution is -0.112. The first kappa shape index (κ1) is 19.0. The zero-order valence-electron chi connectivity index (χ0n) is 15.9. The molecule has 3 aromatic rings. The van der Waals surface area contributed by atoms with Crippen molar-refractivity contribution in [3.63, 3.8) is 0 Å². The van der Waals surface area contributed by atoms with E-state index in [2.05, 4.69) is 5.32 Å². The maximum atomic E-state index is 12.5. The van der Waals surface area contributed by atoms with E-state index in [0.717, 1.165) is 16.7 Å². The van der Waals surface area contributed by atoms with Gasteiger partial charge in [-0.05, 0) is 43.7 Å². The van der Waals surface area contributed by atoms with Gasteiger partial charge in [0.25, 0.3) is 5.91 Å². The highest BCUT2D eigenvalue weighted by Gasteiger charge is 2.14. The average molecular weight is 372 g/mol. The fourth-order valence-electron chi connectivity index (χ4n) is 2.69. The Balaban J connectivity index is 1.81. The van der Waals surface area contributed by atoms with Crippen LogP contribution < -0.4 is 10.1 Å². The number of methoxy groups -OCH3 is 1. The fraction of sp³-hybridized carbons (Fsp3) is 0.130. The van der Waals surface area contributed by atoms with Crippen LogP contribution in [0.3, 0.4) is 0 Å². The van der Waals surface area contributed by atoms with Crippen molar-refractivity contribution < 1.29 is 13.9 Å². The summed E-state index contributed by atoms with van der Waals surface area (Å²) in [6, 6.07) is 18.8. The number of anilines is 1. The summed E-state index contributed by atoms with van der Waals surface area (Å²) in [6.45, 7) is 3.94. The third-order valence-corrected chi connectivity index (χ3v) is 4.22. The van der Waals surface area contributed by atoms with Crippen LogP contribution in [0.4, 0.5) is 5.69 Å². The van der Waals surface area contributed by atoms with Gasteiger partial charge in [0, 0.05) is 11.6 Å². The molecule has 0 unspecified atom stereocenters. The number of nitrogens with one attached hydrogen (secondary N) is 1. The molecule has 140 valence electrons. The summed E-state index contributed by atoms with van der Waals surface area (Å²) >= 11 is 0.